The van der Waals surface area contributed by atoms with E-state index in [-0.39, 0.29) is 0 Å². The van der Waals surface area contributed by atoms with Crippen LogP contribution in [0.5, 0.6) is 0 Å². The van der Waals surface area contributed by atoms with Gasteiger partial charge in [-0.3, -0.25) is 0 Å². The van der Waals surface area contributed by atoms with E-state index >= 15 is 0 Å². The minimum absolute atomic E-state index is 0.550. The quantitative estimate of drug-likeness (QED) is 0.640. The van der Waals surface area contributed by atoms with E-state index in [1.54, 1.807) is 0 Å². The van der Waals surface area contributed by atoms with Crippen molar-refractivity contribution >= 4 is 0 Å². The van der Waals surface area contributed by atoms with Gasteiger partial charge in [-0.25, -0.2) is 0 Å². The molecule has 0 atom stereocenters. The number of nitrogens with zero attached hydrogens (tertiary/aromatic N) is 2. The molecule has 0 aromatic heterocycles. The number of nitrogens with one attached hydrogen (secondary N) is 1. The van der Waals surface area contributed by atoms with Gasteiger partial charge >= 0.3 is 0 Å². The number of nitriles is 1. The maximum Gasteiger partial charge on any atom is 0.0635 e. The third-order valence-corrected chi connectivity index (χ3v) is 1.65. The molecular weight excluding hydrogens is 150 g/mol. The molecule has 0 spiro atoms. The fraction of sp³-hybridized carbons (Fsp3) is 0.889. The van der Waals surface area contributed by atoms with Gasteiger partial charge in [0.1, 0.15) is 0 Å². The van der Waals surface area contributed by atoms with Gasteiger partial charge in [-0.15, -0.1) is 0 Å². The largest absolute Gasteiger partial charge is 0.313 e. The van der Waals surface area contributed by atoms with Gasteiger partial charge in [0.25, 0.3) is 0 Å². The molecule has 0 aliphatic rings. The Labute approximate surface area is 75.4 Å². The summed E-state index contributed by atoms with van der Waals surface area (Å²) in [6.07, 6.45) is 0.623. The maximum absolute atomic E-state index is 8.34. The van der Waals surface area contributed by atoms with Gasteiger partial charge in [-0.05, 0) is 7.05 Å². The van der Waals surface area contributed by atoms with E-state index < -0.39 is 0 Å². The summed E-state index contributed by atoms with van der Waals surface area (Å²) in [5.41, 5.74) is 0. The Morgan fingerprint density at radius 2 is 2.08 bits per heavy atom. The molecule has 0 aromatic rings. The zero-order chi connectivity index (χ0) is 9.40. The van der Waals surface area contributed by atoms with Crippen molar-refractivity contribution < 1.29 is 0 Å². The summed E-state index contributed by atoms with van der Waals surface area (Å²) in [6, 6.07) is 2.69. The molecule has 0 aliphatic carbocycles. The lowest BCUT2D eigenvalue weighted by Crippen LogP contribution is -2.33. The molecule has 12 heavy (non-hydrogen) atoms. The van der Waals surface area contributed by atoms with Crippen LogP contribution in [0, 0.1) is 11.3 Å². The van der Waals surface area contributed by atoms with Crippen LogP contribution in [0.25, 0.3) is 0 Å². The highest BCUT2D eigenvalue weighted by Gasteiger charge is 1.97. The first kappa shape index (κ1) is 11.4. The zero-order valence-corrected chi connectivity index (χ0v) is 8.30. The molecule has 0 rings (SSSR count). The molecule has 1 N–H and O–H groups in total. The van der Waals surface area contributed by atoms with E-state index in [0.717, 1.165) is 19.6 Å². The molecule has 3 heteroatoms. The van der Waals surface area contributed by atoms with Crippen molar-refractivity contribution in [3.63, 3.8) is 0 Å². The van der Waals surface area contributed by atoms with Crippen LogP contribution in [0.4, 0.5) is 0 Å². The second-order valence-electron chi connectivity index (χ2n) is 3.32. The number of hydrogen-bond donors (Lipinski definition) is 1. The molecule has 0 amide bonds. The first-order valence-corrected chi connectivity index (χ1v) is 4.45. The lowest BCUT2D eigenvalue weighted by atomic mass is 10.4. The van der Waals surface area contributed by atoms with Crippen molar-refractivity contribution in [2.75, 3.05) is 26.7 Å². The predicted molar refractivity (Wildman–Crippen MR) is 50.9 cm³/mol. The summed E-state index contributed by atoms with van der Waals surface area (Å²) in [7, 11) is 2.04. The molecule has 0 saturated heterocycles. The first-order chi connectivity index (χ1) is 5.66. The molecule has 0 heterocycles. The number of hydrogen-bond acceptors (Lipinski definition) is 3. The summed E-state index contributed by atoms with van der Waals surface area (Å²) in [4.78, 5) is 2.17. The summed E-state index contributed by atoms with van der Waals surface area (Å²) >= 11 is 0. The minimum atomic E-state index is 0.550. The third kappa shape index (κ3) is 7.52. The summed E-state index contributed by atoms with van der Waals surface area (Å²) in [5.74, 6) is 0. The number of likely N-dealkylation sites (N-methyl/N-ethyl adjacent to an activating group) is 1. The van der Waals surface area contributed by atoms with Crippen LogP contribution in [0.15, 0.2) is 0 Å². The second kappa shape index (κ2) is 7.08. The lowest BCUT2D eigenvalue weighted by Gasteiger charge is -2.16. The molecule has 3 nitrogen and oxygen atoms in total. The third-order valence-electron chi connectivity index (χ3n) is 1.65. The predicted octanol–water partition coefficient (Wildman–Crippen LogP) is 0.830. The SMILES string of the molecule is CC(C)NCCN(C)CCC#N. The monoisotopic (exact) mass is 169 g/mol. The van der Waals surface area contributed by atoms with Crippen LogP contribution < -0.4 is 5.32 Å². The van der Waals surface area contributed by atoms with Gasteiger partial charge < -0.3 is 10.2 Å². The second-order valence-corrected chi connectivity index (χ2v) is 3.32. The average molecular weight is 169 g/mol. The fourth-order valence-electron chi connectivity index (χ4n) is 0.897. The van der Waals surface area contributed by atoms with Gasteiger partial charge in [0, 0.05) is 32.1 Å². The van der Waals surface area contributed by atoms with E-state index in [0.29, 0.717) is 12.5 Å². The molecular formula is C9H19N3. The topological polar surface area (TPSA) is 39.1 Å². The van der Waals surface area contributed by atoms with Gasteiger partial charge in [0.15, 0.2) is 0 Å². The Morgan fingerprint density at radius 3 is 2.58 bits per heavy atom. The van der Waals surface area contributed by atoms with Crippen LogP contribution in [-0.4, -0.2) is 37.6 Å². The highest BCUT2D eigenvalue weighted by Crippen LogP contribution is 1.85. The number of rotatable bonds is 6. The van der Waals surface area contributed by atoms with E-state index in [9.17, 15) is 0 Å². The summed E-state index contributed by atoms with van der Waals surface area (Å²) in [5, 5.41) is 11.7. The molecule has 0 fully saturated rings. The van der Waals surface area contributed by atoms with Crippen LogP contribution in [0.3, 0.4) is 0 Å². The highest BCUT2D eigenvalue weighted by molar-refractivity contribution is 4.71. The smallest absolute Gasteiger partial charge is 0.0635 e. The van der Waals surface area contributed by atoms with E-state index in [4.69, 9.17) is 5.26 Å². The van der Waals surface area contributed by atoms with Crippen LogP contribution in [0.2, 0.25) is 0 Å². The zero-order valence-electron chi connectivity index (χ0n) is 8.30. The summed E-state index contributed by atoms with van der Waals surface area (Å²) in [6.45, 7) is 7.15. The van der Waals surface area contributed by atoms with Gasteiger partial charge in [-0.2, -0.15) is 5.26 Å². The minimum Gasteiger partial charge on any atom is -0.313 e. The van der Waals surface area contributed by atoms with Crippen molar-refractivity contribution in [1.82, 2.24) is 10.2 Å². The standard InChI is InChI=1S/C9H19N3/c1-9(2)11-6-8-12(3)7-4-5-10/h9,11H,4,6-8H2,1-3H3. The van der Waals surface area contributed by atoms with E-state index in [2.05, 4.69) is 30.1 Å². The van der Waals surface area contributed by atoms with Crippen molar-refractivity contribution in [2.45, 2.75) is 26.3 Å². The van der Waals surface area contributed by atoms with Gasteiger partial charge in [0.05, 0.1) is 6.07 Å². The van der Waals surface area contributed by atoms with Crippen molar-refractivity contribution in [2.24, 2.45) is 0 Å². The van der Waals surface area contributed by atoms with Crippen molar-refractivity contribution in [3.8, 4) is 6.07 Å². The normalized spacial score (nSPS) is 10.7. The molecule has 0 aliphatic heterocycles. The Kier molecular flexibility index (Phi) is 6.73. The molecule has 0 bridgehead atoms. The molecule has 0 radical (unpaired) electrons. The van der Waals surface area contributed by atoms with E-state index in [1.165, 1.54) is 0 Å². The Hall–Kier alpha value is -0.590. The Morgan fingerprint density at radius 1 is 1.42 bits per heavy atom. The molecule has 0 aromatic carbocycles. The Bertz CT molecular complexity index is 137. The van der Waals surface area contributed by atoms with E-state index in [1.807, 2.05) is 7.05 Å². The fourth-order valence-corrected chi connectivity index (χ4v) is 0.897. The summed E-state index contributed by atoms with van der Waals surface area (Å²) < 4.78 is 0. The highest BCUT2D eigenvalue weighted by atomic mass is 15.1. The van der Waals surface area contributed by atoms with Gasteiger partial charge in [-0.1, -0.05) is 13.8 Å². The molecule has 0 saturated carbocycles. The van der Waals surface area contributed by atoms with Crippen LogP contribution >= 0.6 is 0 Å². The molecule has 0 unspecified atom stereocenters. The van der Waals surface area contributed by atoms with Crippen molar-refractivity contribution in [1.29, 1.82) is 5.26 Å². The van der Waals surface area contributed by atoms with Gasteiger partial charge in [0.2, 0.25) is 0 Å². The Balaban J connectivity index is 3.20. The molecule has 70 valence electrons. The lowest BCUT2D eigenvalue weighted by molar-refractivity contribution is 0.334. The maximum atomic E-state index is 8.34. The van der Waals surface area contributed by atoms with Crippen LogP contribution in [-0.2, 0) is 0 Å². The van der Waals surface area contributed by atoms with Crippen molar-refractivity contribution in [3.05, 3.63) is 0 Å². The first-order valence-electron chi connectivity index (χ1n) is 4.45. The average Bonchev–Trinajstić information content (AvgIpc) is 2.00. The van der Waals surface area contributed by atoms with Crippen LogP contribution in [0.1, 0.15) is 20.3 Å².